The lowest BCUT2D eigenvalue weighted by molar-refractivity contribution is -0.123. The minimum Gasteiger partial charge on any atom is -0.357 e. The van der Waals surface area contributed by atoms with Crippen molar-refractivity contribution in [3.05, 3.63) is 11.2 Å². The molecule has 3 N–H and O–H groups in total. The van der Waals surface area contributed by atoms with Crippen molar-refractivity contribution in [2.24, 2.45) is 0 Å². The van der Waals surface area contributed by atoms with Gasteiger partial charge in [0, 0.05) is 13.6 Å². The molecule has 1 atom stereocenters. The fraction of sp³-hybridized carbons (Fsp3) is 0.500. The first-order chi connectivity index (χ1) is 8.20. The molecule has 1 aliphatic rings. The highest BCUT2D eigenvalue weighted by atomic mass is 35.5. The van der Waals surface area contributed by atoms with Gasteiger partial charge >= 0.3 is 0 Å². The van der Waals surface area contributed by atoms with E-state index in [1.807, 2.05) is 0 Å². The summed E-state index contributed by atoms with van der Waals surface area (Å²) in [6.45, 7) is 0.732. The first-order valence-corrected chi connectivity index (χ1v) is 5.83. The fourth-order valence-electron chi connectivity index (χ4n) is 1.66. The van der Waals surface area contributed by atoms with Crippen LogP contribution in [0.3, 0.4) is 0 Å². The molecule has 0 aromatic carbocycles. The van der Waals surface area contributed by atoms with Crippen LogP contribution < -0.4 is 16.0 Å². The van der Waals surface area contributed by atoms with E-state index in [-0.39, 0.29) is 11.9 Å². The number of piperidine rings is 1. The lowest BCUT2D eigenvalue weighted by atomic mass is 10.1. The summed E-state index contributed by atoms with van der Waals surface area (Å²) in [5.74, 6) is 0.929. The van der Waals surface area contributed by atoms with E-state index in [0.717, 1.165) is 19.4 Å². The summed E-state index contributed by atoms with van der Waals surface area (Å²) in [7, 11) is 1.72. The molecule has 1 saturated heterocycles. The average Bonchev–Trinajstić information content (AvgIpc) is 2.35. The molecular formula is C10H14ClN5O. The SMILES string of the molecule is CNc1ncc(Cl)c(NC2CCCNC2=O)n1. The Morgan fingerprint density at radius 1 is 1.59 bits per heavy atom. The first kappa shape index (κ1) is 11.9. The highest BCUT2D eigenvalue weighted by Crippen LogP contribution is 2.21. The minimum absolute atomic E-state index is 0.0167. The largest absolute Gasteiger partial charge is 0.357 e. The van der Waals surface area contributed by atoms with Crippen LogP contribution in [-0.2, 0) is 4.79 Å². The summed E-state index contributed by atoms with van der Waals surface area (Å²) in [4.78, 5) is 19.7. The molecule has 1 amide bonds. The Bertz CT molecular complexity index is 425. The smallest absolute Gasteiger partial charge is 0.242 e. The molecule has 1 fully saturated rings. The lowest BCUT2D eigenvalue weighted by Crippen LogP contribution is -2.44. The van der Waals surface area contributed by atoms with Crippen molar-refractivity contribution in [3.63, 3.8) is 0 Å². The molecule has 1 unspecified atom stereocenters. The normalized spacial score (nSPS) is 19.6. The maximum atomic E-state index is 11.6. The van der Waals surface area contributed by atoms with E-state index >= 15 is 0 Å². The number of halogens is 1. The number of nitrogens with zero attached hydrogens (tertiary/aromatic N) is 2. The van der Waals surface area contributed by atoms with Crippen molar-refractivity contribution < 1.29 is 4.79 Å². The van der Waals surface area contributed by atoms with Crippen molar-refractivity contribution >= 4 is 29.3 Å². The van der Waals surface area contributed by atoms with Gasteiger partial charge in [0.25, 0.3) is 0 Å². The van der Waals surface area contributed by atoms with E-state index in [2.05, 4.69) is 25.9 Å². The molecule has 0 aliphatic carbocycles. The Morgan fingerprint density at radius 2 is 2.41 bits per heavy atom. The number of hydrogen-bond donors (Lipinski definition) is 3. The molecule has 2 rings (SSSR count). The van der Waals surface area contributed by atoms with E-state index in [1.165, 1.54) is 6.20 Å². The molecule has 0 spiro atoms. The summed E-state index contributed by atoms with van der Waals surface area (Å²) >= 11 is 5.97. The Hall–Kier alpha value is -1.56. The molecule has 2 heterocycles. The van der Waals surface area contributed by atoms with Gasteiger partial charge in [-0.1, -0.05) is 11.6 Å². The fourth-order valence-corrected chi connectivity index (χ4v) is 1.81. The lowest BCUT2D eigenvalue weighted by Gasteiger charge is -2.23. The second-order valence-corrected chi connectivity index (χ2v) is 4.18. The standard InChI is InChI=1S/C10H14ClN5O/c1-12-10-14-5-6(11)8(16-10)15-7-3-2-4-13-9(7)17/h5,7H,2-4H2,1H3,(H,13,17)(H2,12,14,15,16). The number of hydrogen-bond acceptors (Lipinski definition) is 5. The van der Waals surface area contributed by atoms with Crippen molar-refractivity contribution in [2.75, 3.05) is 24.2 Å². The summed E-state index contributed by atoms with van der Waals surface area (Å²) in [6.07, 6.45) is 3.23. The van der Waals surface area contributed by atoms with Crippen LogP contribution >= 0.6 is 11.6 Å². The third-order valence-electron chi connectivity index (χ3n) is 2.56. The third-order valence-corrected chi connectivity index (χ3v) is 2.84. The zero-order valence-corrected chi connectivity index (χ0v) is 10.2. The summed E-state index contributed by atoms with van der Waals surface area (Å²) in [5.41, 5.74) is 0. The van der Waals surface area contributed by atoms with Crippen LogP contribution in [0.4, 0.5) is 11.8 Å². The van der Waals surface area contributed by atoms with E-state index < -0.39 is 0 Å². The van der Waals surface area contributed by atoms with Gasteiger partial charge in [-0.25, -0.2) is 4.98 Å². The highest BCUT2D eigenvalue weighted by molar-refractivity contribution is 6.32. The van der Waals surface area contributed by atoms with Crippen LogP contribution in [0.5, 0.6) is 0 Å². The summed E-state index contributed by atoms with van der Waals surface area (Å²) in [5, 5.41) is 9.06. The van der Waals surface area contributed by atoms with Crippen LogP contribution in [0.2, 0.25) is 5.02 Å². The highest BCUT2D eigenvalue weighted by Gasteiger charge is 2.22. The quantitative estimate of drug-likeness (QED) is 0.747. The zero-order valence-electron chi connectivity index (χ0n) is 9.46. The molecule has 7 heteroatoms. The van der Waals surface area contributed by atoms with Crippen molar-refractivity contribution in [1.82, 2.24) is 15.3 Å². The van der Waals surface area contributed by atoms with Crippen molar-refractivity contribution in [2.45, 2.75) is 18.9 Å². The molecule has 6 nitrogen and oxygen atoms in total. The average molecular weight is 256 g/mol. The van der Waals surface area contributed by atoms with Gasteiger partial charge in [0.05, 0.1) is 6.20 Å². The van der Waals surface area contributed by atoms with Gasteiger partial charge in [0.2, 0.25) is 11.9 Å². The third kappa shape index (κ3) is 2.76. The number of carbonyl (C=O) groups excluding carboxylic acids is 1. The number of aromatic nitrogens is 2. The van der Waals surface area contributed by atoms with Crippen LogP contribution in [0.25, 0.3) is 0 Å². The number of amides is 1. The predicted octanol–water partition coefficient (Wildman–Crippen LogP) is 0.862. The van der Waals surface area contributed by atoms with E-state index in [1.54, 1.807) is 7.05 Å². The molecule has 1 aromatic heterocycles. The van der Waals surface area contributed by atoms with E-state index in [9.17, 15) is 4.79 Å². The topological polar surface area (TPSA) is 78.9 Å². The first-order valence-electron chi connectivity index (χ1n) is 5.45. The van der Waals surface area contributed by atoms with E-state index in [0.29, 0.717) is 16.8 Å². The van der Waals surface area contributed by atoms with Gasteiger partial charge in [-0.05, 0) is 12.8 Å². The molecule has 0 bridgehead atoms. The van der Waals surface area contributed by atoms with Gasteiger partial charge in [-0.15, -0.1) is 0 Å². The molecule has 0 radical (unpaired) electrons. The number of anilines is 2. The Morgan fingerprint density at radius 3 is 3.12 bits per heavy atom. The molecule has 0 saturated carbocycles. The van der Waals surface area contributed by atoms with Crippen LogP contribution in [0, 0.1) is 0 Å². The van der Waals surface area contributed by atoms with Crippen LogP contribution in [0.15, 0.2) is 6.20 Å². The van der Waals surface area contributed by atoms with Gasteiger partial charge < -0.3 is 16.0 Å². The van der Waals surface area contributed by atoms with Gasteiger partial charge in [0.1, 0.15) is 11.1 Å². The second-order valence-electron chi connectivity index (χ2n) is 3.77. The number of rotatable bonds is 3. The Balaban J connectivity index is 2.14. The number of nitrogens with one attached hydrogen (secondary N) is 3. The molecule has 1 aromatic rings. The Kier molecular flexibility index (Phi) is 3.63. The van der Waals surface area contributed by atoms with Crippen LogP contribution in [0.1, 0.15) is 12.8 Å². The van der Waals surface area contributed by atoms with Gasteiger partial charge in [0.15, 0.2) is 5.82 Å². The van der Waals surface area contributed by atoms with Crippen molar-refractivity contribution in [1.29, 1.82) is 0 Å². The predicted molar refractivity (Wildman–Crippen MR) is 66.2 cm³/mol. The molecule has 92 valence electrons. The van der Waals surface area contributed by atoms with Gasteiger partial charge in [-0.2, -0.15) is 4.98 Å². The summed E-state index contributed by atoms with van der Waals surface area (Å²) in [6, 6.07) is -0.277. The van der Waals surface area contributed by atoms with E-state index in [4.69, 9.17) is 11.6 Å². The van der Waals surface area contributed by atoms with Gasteiger partial charge in [-0.3, -0.25) is 4.79 Å². The van der Waals surface area contributed by atoms with Crippen LogP contribution in [-0.4, -0.2) is 35.5 Å². The monoisotopic (exact) mass is 255 g/mol. The maximum absolute atomic E-state index is 11.6. The number of carbonyl (C=O) groups is 1. The molecule has 1 aliphatic heterocycles. The zero-order chi connectivity index (χ0) is 12.3. The maximum Gasteiger partial charge on any atom is 0.242 e. The Labute approximate surface area is 104 Å². The minimum atomic E-state index is -0.277. The summed E-state index contributed by atoms with van der Waals surface area (Å²) < 4.78 is 0. The van der Waals surface area contributed by atoms with Crippen molar-refractivity contribution in [3.8, 4) is 0 Å². The molecular weight excluding hydrogens is 242 g/mol. The second kappa shape index (κ2) is 5.18. The molecule has 17 heavy (non-hydrogen) atoms.